The second-order valence-electron chi connectivity index (χ2n) is 14.5. The number of hydrogen-bond acceptors (Lipinski definition) is 2. The average molecular weight is 664 g/mol. The Kier molecular flexibility index (Phi) is 6.01. The molecule has 8 aromatic carbocycles. The largest absolute Gasteiger partial charge is 0.277 e. The molecule has 0 unspecified atom stereocenters. The lowest BCUT2D eigenvalue weighted by atomic mass is 9.80. The van der Waals surface area contributed by atoms with E-state index in [1.807, 2.05) is 0 Å². The molecule has 0 amide bonds. The van der Waals surface area contributed by atoms with Crippen molar-refractivity contribution >= 4 is 54.1 Å². The second kappa shape index (κ2) is 10.7. The fraction of sp³-hybridized carbons (Fsp3) is 0.0612. The van der Waals surface area contributed by atoms with Crippen LogP contribution in [0.1, 0.15) is 25.0 Å². The highest BCUT2D eigenvalue weighted by Gasteiger charge is 2.42. The summed E-state index contributed by atoms with van der Waals surface area (Å²) in [5.41, 5.74) is 11.3. The molecule has 0 fully saturated rings. The summed E-state index contributed by atoms with van der Waals surface area (Å²) in [6.45, 7) is 4.74. The molecule has 11 rings (SSSR count). The molecule has 2 aromatic heterocycles. The molecule has 0 N–H and O–H groups in total. The molecule has 10 aromatic rings. The van der Waals surface area contributed by atoms with Crippen molar-refractivity contribution in [3.63, 3.8) is 0 Å². The predicted octanol–water partition coefficient (Wildman–Crippen LogP) is 12.7. The summed E-state index contributed by atoms with van der Waals surface area (Å²) in [6, 6.07) is 59.0. The third-order valence-electron chi connectivity index (χ3n) is 11.3. The Morgan fingerprint density at radius 3 is 1.92 bits per heavy atom. The standard InChI is InChI=1S/C49H33N3/c1-49(2)41-27-11-9-24-39(41)47-44(49)43-37-22-7-5-20-35(37)36-21-6-8-23-38(36)46(43)52(47)48-50-42-28-12-10-25-40(42)45(51-48)32-18-13-17-31(29-32)34-26-14-16-30-15-3-4-19-33(30)34/h3-29H,1-2H3. The van der Waals surface area contributed by atoms with E-state index in [2.05, 4.69) is 182 Å². The first-order chi connectivity index (χ1) is 25.6. The zero-order chi connectivity index (χ0) is 34.6. The Balaban J connectivity index is 1.27. The zero-order valence-corrected chi connectivity index (χ0v) is 28.9. The number of rotatable bonds is 3. The van der Waals surface area contributed by atoms with Crippen LogP contribution in [0.3, 0.4) is 0 Å². The van der Waals surface area contributed by atoms with Gasteiger partial charge in [0.15, 0.2) is 0 Å². The van der Waals surface area contributed by atoms with Crippen molar-refractivity contribution in [3.05, 3.63) is 175 Å². The van der Waals surface area contributed by atoms with Crippen LogP contribution in [0.4, 0.5) is 0 Å². The maximum absolute atomic E-state index is 5.60. The van der Waals surface area contributed by atoms with Gasteiger partial charge >= 0.3 is 0 Å². The molecule has 3 heteroatoms. The third kappa shape index (κ3) is 3.96. The molecule has 0 saturated carbocycles. The van der Waals surface area contributed by atoms with E-state index in [1.54, 1.807) is 0 Å². The van der Waals surface area contributed by atoms with Gasteiger partial charge in [-0.25, -0.2) is 9.97 Å². The Labute approximate surface area is 301 Å². The summed E-state index contributed by atoms with van der Waals surface area (Å²) in [5.74, 6) is 0.684. The molecule has 0 bridgehead atoms. The highest BCUT2D eigenvalue weighted by Crippen LogP contribution is 2.56. The molecule has 3 nitrogen and oxygen atoms in total. The minimum Gasteiger partial charge on any atom is -0.277 e. The van der Waals surface area contributed by atoms with Crippen LogP contribution in [0.15, 0.2) is 164 Å². The van der Waals surface area contributed by atoms with Crippen LogP contribution in [0.2, 0.25) is 0 Å². The summed E-state index contributed by atoms with van der Waals surface area (Å²) in [7, 11) is 0. The van der Waals surface area contributed by atoms with E-state index in [0.717, 1.165) is 27.7 Å². The summed E-state index contributed by atoms with van der Waals surface area (Å²) < 4.78 is 2.39. The minimum absolute atomic E-state index is 0.229. The van der Waals surface area contributed by atoms with Crippen molar-refractivity contribution in [1.29, 1.82) is 0 Å². The molecule has 0 aliphatic heterocycles. The van der Waals surface area contributed by atoms with Crippen LogP contribution >= 0.6 is 0 Å². The van der Waals surface area contributed by atoms with Crippen LogP contribution in [0, 0.1) is 0 Å². The fourth-order valence-corrected chi connectivity index (χ4v) is 9.08. The molecule has 1 aliphatic carbocycles. The highest BCUT2D eigenvalue weighted by molar-refractivity contribution is 6.27. The van der Waals surface area contributed by atoms with Crippen molar-refractivity contribution in [1.82, 2.24) is 14.5 Å². The Morgan fingerprint density at radius 1 is 0.481 bits per heavy atom. The Morgan fingerprint density at radius 2 is 1.08 bits per heavy atom. The first kappa shape index (κ1) is 29.2. The van der Waals surface area contributed by atoms with Gasteiger partial charge in [0, 0.05) is 32.7 Å². The zero-order valence-electron chi connectivity index (χ0n) is 28.9. The van der Waals surface area contributed by atoms with E-state index in [9.17, 15) is 0 Å². The summed E-state index contributed by atoms with van der Waals surface area (Å²) in [6.07, 6.45) is 0. The molecule has 244 valence electrons. The average Bonchev–Trinajstić information content (AvgIpc) is 3.68. The van der Waals surface area contributed by atoms with Gasteiger partial charge in [-0.1, -0.05) is 166 Å². The first-order valence-electron chi connectivity index (χ1n) is 18.0. The van der Waals surface area contributed by atoms with E-state index in [4.69, 9.17) is 9.97 Å². The van der Waals surface area contributed by atoms with Gasteiger partial charge in [0.05, 0.1) is 22.4 Å². The number of aromatic nitrogens is 3. The number of nitrogens with zero attached hydrogens (tertiary/aromatic N) is 3. The van der Waals surface area contributed by atoms with Gasteiger partial charge in [0.2, 0.25) is 5.95 Å². The number of para-hydroxylation sites is 1. The van der Waals surface area contributed by atoms with Gasteiger partial charge in [-0.3, -0.25) is 4.57 Å². The summed E-state index contributed by atoms with van der Waals surface area (Å²) in [4.78, 5) is 11.0. The molecule has 52 heavy (non-hydrogen) atoms. The maximum atomic E-state index is 5.60. The van der Waals surface area contributed by atoms with E-state index >= 15 is 0 Å². The smallest absolute Gasteiger partial charge is 0.235 e. The van der Waals surface area contributed by atoms with E-state index < -0.39 is 0 Å². The Bertz CT molecular complexity index is 3100. The minimum atomic E-state index is -0.229. The molecule has 0 radical (unpaired) electrons. The third-order valence-corrected chi connectivity index (χ3v) is 11.3. The van der Waals surface area contributed by atoms with Crippen LogP contribution in [-0.4, -0.2) is 14.5 Å². The maximum Gasteiger partial charge on any atom is 0.235 e. The summed E-state index contributed by atoms with van der Waals surface area (Å²) >= 11 is 0. The van der Waals surface area contributed by atoms with Crippen LogP contribution in [-0.2, 0) is 5.41 Å². The van der Waals surface area contributed by atoms with Gasteiger partial charge in [0.25, 0.3) is 0 Å². The highest BCUT2D eigenvalue weighted by atomic mass is 15.2. The van der Waals surface area contributed by atoms with Crippen LogP contribution in [0.5, 0.6) is 0 Å². The lowest BCUT2D eigenvalue weighted by Gasteiger charge is -2.22. The van der Waals surface area contributed by atoms with Gasteiger partial charge in [-0.05, 0) is 61.3 Å². The molecule has 1 aliphatic rings. The van der Waals surface area contributed by atoms with E-state index in [-0.39, 0.29) is 5.41 Å². The van der Waals surface area contributed by atoms with Crippen LogP contribution < -0.4 is 0 Å². The normalized spacial score (nSPS) is 13.3. The Hall–Kier alpha value is -6.58. The van der Waals surface area contributed by atoms with Crippen molar-refractivity contribution in [2.24, 2.45) is 0 Å². The molecule has 2 heterocycles. The van der Waals surface area contributed by atoms with E-state index in [1.165, 1.54) is 71.2 Å². The van der Waals surface area contributed by atoms with Gasteiger partial charge in [-0.2, -0.15) is 0 Å². The predicted molar refractivity (Wildman–Crippen MR) is 217 cm³/mol. The van der Waals surface area contributed by atoms with Crippen molar-refractivity contribution in [3.8, 4) is 39.6 Å². The van der Waals surface area contributed by atoms with Crippen LogP contribution in [0.25, 0.3) is 93.7 Å². The first-order valence-corrected chi connectivity index (χ1v) is 18.0. The molecular formula is C49H33N3. The van der Waals surface area contributed by atoms with E-state index in [0.29, 0.717) is 5.95 Å². The van der Waals surface area contributed by atoms with Gasteiger partial charge in [-0.15, -0.1) is 0 Å². The van der Waals surface area contributed by atoms with Crippen molar-refractivity contribution in [2.45, 2.75) is 19.3 Å². The van der Waals surface area contributed by atoms with Gasteiger partial charge in [0.1, 0.15) is 0 Å². The monoisotopic (exact) mass is 663 g/mol. The molecule has 0 atom stereocenters. The van der Waals surface area contributed by atoms with Crippen molar-refractivity contribution < 1.29 is 0 Å². The summed E-state index contributed by atoms with van der Waals surface area (Å²) in [5, 5.41) is 9.75. The quantitative estimate of drug-likeness (QED) is 0.176. The van der Waals surface area contributed by atoms with Crippen molar-refractivity contribution in [2.75, 3.05) is 0 Å². The molecule has 0 saturated heterocycles. The SMILES string of the molecule is CC1(C)c2ccccc2-c2c1c1c3ccccc3c3ccccc3c1n2-c1nc(-c2cccc(-c3cccc4ccccc34)c2)c2ccccc2n1. The second-order valence-corrected chi connectivity index (χ2v) is 14.5. The molecule has 0 spiro atoms. The number of benzene rings is 8. The lowest BCUT2D eigenvalue weighted by Crippen LogP contribution is -2.14. The lowest BCUT2D eigenvalue weighted by molar-refractivity contribution is 0.666. The molecular weight excluding hydrogens is 631 g/mol. The fourth-order valence-electron chi connectivity index (χ4n) is 9.08. The number of fused-ring (bicyclic) bond motifs is 12. The van der Waals surface area contributed by atoms with Gasteiger partial charge < -0.3 is 0 Å². The topological polar surface area (TPSA) is 30.7 Å². The number of hydrogen-bond donors (Lipinski definition) is 0.